The fourth-order valence-corrected chi connectivity index (χ4v) is 1.85. The smallest absolute Gasteiger partial charge is 0.319 e. The summed E-state index contributed by atoms with van der Waals surface area (Å²) >= 11 is 0. The average Bonchev–Trinajstić information content (AvgIpc) is 2.17. The van der Waals surface area contributed by atoms with Crippen LogP contribution in [-0.2, 0) is 25.1 Å². The van der Waals surface area contributed by atoms with E-state index in [9.17, 15) is 13.8 Å². The largest absolute Gasteiger partial charge is 0.465 e. The highest BCUT2D eigenvalue weighted by Gasteiger charge is 2.38. The van der Waals surface area contributed by atoms with Gasteiger partial charge in [0.1, 0.15) is 5.41 Å². The minimum atomic E-state index is -1.23. The summed E-state index contributed by atoms with van der Waals surface area (Å²) in [7, 11) is -1.23. The van der Waals surface area contributed by atoms with Crippen LogP contribution in [-0.4, -0.2) is 33.6 Å². The fourth-order valence-electron chi connectivity index (χ4n) is 0.902. The molecule has 0 N–H and O–H groups in total. The molecule has 0 aromatic rings. The Morgan fingerprint density at radius 1 is 1.31 bits per heavy atom. The van der Waals surface area contributed by atoms with Gasteiger partial charge in [-0.25, -0.2) is 0 Å². The van der Waals surface area contributed by atoms with E-state index in [1.54, 1.807) is 20.8 Å². The average molecular weight is 248 g/mol. The molecule has 0 aliphatic heterocycles. The van der Waals surface area contributed by atoms with Gasteiger partial charge in [0.25, 0.3) is 0 Å². The molecular formula is C11H20O4S. The maximum Gasteiger partial charge on any atom is 0.319 e. The van der Waals surface area contributed by atoms with Crippen molar-refractivity contribution in [3.8, 4) is 0 Å². The molecule has 0 radical (unpaired) electrons. The van der Waals surface area contributed by atoms with Crippen LogP contribution in [0.1, 0.15) is 34.6 Å². The molecule has 4 nitrogen and oxygen atoms in total. The second-order valence-corrected chi connectivity index (χ2v) is 6.34. The Morgan fingerprint density at radius 3 is 2.19 bits per heavy atom. The van der Waals surface area contributed by atoms with Crippen molar-refractivity contribution in [1.29, 1.82) is 0 Å². The third-order valence-corrected chi connectivity index (χ3v) is 3.88. The predicted molar refractivity (Wildman–Crippen MR) is 63.6 cm³/mol. The summed E-state index contributed by atoms with van der Waals surface area (Å²) in [4.78, 5) is 23.3. The van der Waals surface area contributed by atoms with Crippen molar-refractivity contribution in [2.75, 3.05) is 12.4 Å². The van der Waals surface area contributed by atoms with Gasteiger partial charge in [-0.05, 0) is 20.8 Å². The zero-order valence-corrected chi connectivity index (χ0v) is 11.3. The van der Waals surface area contributed by atoms with Crippen molar-refractivity contribution >= 4 is 22.6 Å². The topological polar surface area (TPSA) is 60.4 Å². The van der Waals surface area contributed by atoms with E-state index in [0.717, 1.165) is 0 Å². The van der Waals surface area contributed by atoms with Crippen molar-refractivity contribution in [3.05, 3.63) is 0 Å². The third kappa shape index (κ3) is 4.04. The number of ether oxygens (including phenoxy) is 1. The van der Waals surface area contributed by atoms with Gasteiger partial charge in [-0.3, -0.25) is 13.8 Å². The van der Waals surface area contributed by atoms with Crippen LogP contribution in [0.15, 0.2) is 0 Å². The number of esters is 1. The Bertz CT molecular complexity index is 294. The molecule has 0 saturated carbocycles. The molecule has 0 aliphatic carbocycles. The van der Waals surface area contributed by atoms with Gasteiger partial charge in [-0.2, -0.15) is 0 Å². The molecule has 0 heterocycles. The van der Waals surface area contributed by atoms with Gasteiger partial charge in [-0.15, -0.1) is 0 Å². The van der Waals surface area contributed by atoms with E-state index >= 15 is 0 Å². The first-order valence-corrected chi connectivity index (χ1v) is 6.69. The van der Waals surface area contributed by atoms with E-state index < -0.39 is 22.2 Å². The minimum absolute atomic E-state index is 0.0815. The molecule has 0 spiro atoms. The van der Waals surface area contributed by atoms with Crippen molar-refractivity contribution in [1.82, 2.24) is 0 Å². The van der Waals surface area contributed by atoms with Crippen LogP contribution >= 0.6 is 0 Å². The first kappa shape index (κ1) is 15.3. The Morgan fingerprint density at radius 2 is 1.81 bits per heavy atom. The maximum atomic E-state index is 11.8. The van der Waals surface area contributed by atoms with E-state index in [-0.39, 0.29) is 23.4 Å². The summed E-state index contributed by atoms with van der Waals surface area (Å²) in [5, 5.41) is -0.0815. The summed E-state index contributed by atoms with van der Waals surface area (Å²) in [5.74, 6) is -0.984. The molecule has 0 rings (SSSR count). The van der Waals surface area contributed by atoms with E-state index in [1.165, 1.54) is 13.8 Å². The molecule has 0 aliphatic rings. The summed E-state index contributed by atoms with van der Waals surface area (Å²) in [5.41, 5.74) is -1.21. The van der Waals surface area contributed by atoms with Gasteiger partial charge >= 0.3 is 5.97 Å². The van der Waals surface area contributed by atoms with Crippen LogP contribution < -0.4 is 0 Å². The fraction of sp³-hybridized carbons (Fsp3) is 0.818. The number of Topliss-reactive ketones (excluding diaryl/α,β-unsaturated/α-hetero) is 1. The van der Waals surface area contributed by atoms with Gasteiger partial charge in [-0.1, -0.05) is 13.8 Å². The standard InChI is InChI=1S/C11H20O4S/c1-6-15-10(13)11(4,5)9(12)7-16(14)8(2)3/h8H,6-7H2,1-5H3. The first-order chi connectivity index (χ1) is 7.23. The number of carbonyl (C=O) groups is 2. The lowest BCUT2D eigenvalue weighted by Gasteiger charge is -2.20. The van der Waals surface area contributed by atoms with Crippen LogP contribution in [0.5, 0.6) is 0 Å². The zero-order chi connectivity index (χ0) is 12.9. The van der Waals surface area contributed by atoms with Crippen molar-refractivity contribution in [3.63, 3.8) is 0 Å². The highest BCUT2D eigenvalue weighted by molar-refractivity contribution is 7.86. The van der Waals surface area contributed by atoms with Crippen LogP contribution in [0.4, 0.5) is 0 Å². The van der Waals surface area contributed by atoms with Gasteiger partial charge in [0.05, 0.1) is 12.4 Å². The first-order valence-electron chi connectivity index (χ1n) is 5.31. The van der Waals surface area contributed by atoms with Crippen LogP contribution in [0.3, 0.4) is 0 Å². The van der Waals surface area contributed by atoms with Crippen molar-refractivity contribution in [2.24, 2.45) is 5.41 Å². The molecule has 0 bridgehead atoms. The Balaban J connectivity index is 4.58. The van der Waals surface area contributed by atoms with Gasteiger partial charge < -0.3 is 4.74 Å². The van der Waals surface area contributed by atoms with Crippen molar-refractivity contribution < 1.29 is 18.5 Å². The highest BCUT2D eigenvalue weighted by Crippen LogP contribution is 2.20. The Labute approximate surface area is 99.2 Å². The number of rotatable bonds is 6. The van der Waals surface area contributed by atoms with Crippen molar-refractivity contribution in [2.45, 2.75) is 39.9 Å². The van der Waals surface area contributed by atoms with E-state index in [4.69, 9.17) is 4.74 Å². The normalized spacial score (nSPS) is 13.6. The van der Waals surface area contributed by atoms with E-state index in [1.807, 2.05) is 0 Å². The molecular weight excluding hydrogens is 228 g/mol. The molecule has 1 unspecified atom stereocenters. The summed E-state index contributed by atoms with van der Waals surface area (Å²) < 4.78 is 16.3. The molecule has 0 saturated heterocycles. The predicted octanol–water partition coefficient (Wildman–Crippen LogP) is 1.30. The second-order valence-electron chi connectivity index (χ2n) is 4.34. The minimum Gasteiger partial charge on any atom is -0.465 e. The monoisotopic (exact) mass is 248 g/mol. The van der Waals surface area contributed by atoms with Gasteiger partial charge in [0.15, 0.2) is 5.78 Å². The molecule has 16 heavy (non-hydrogen) atoms. The molecule has 0 amide bonds. The number of carbonyl (C=O) groups excluding carboxylic acids is 2. The van der Waals surface area contributed by atoms with Crippen LogP contribution in [0.2, 0.25) is 0 Å². The molecule has 0 aromatic carbocycles. The Kier molecular flexibility index (Phi) is 5.86. The highest BCUT2D eigenvalue weighted by atomic mass is 32.2. The van der Waals surface area contributed by atoms with E-state index in [2.05, 4.69) is 0 Å². The Hall–Kier alpha value is -0.710. The maximum absolute atomic E-state index is 11.8. The number of hydrogen-bond donors (Lipinski definition) is 0. The van der Waals surface area contributed by atoms with Crippen LogP contribution in [0, 0.1) is 5.41 Å². The lowest BCUT2D eigenvalue weighted by Crippen LogP contribution is -2.38. The van der Waals surface area contributed by atoms with E-state index in [0.29, 0.717) is 0 Å². The second kappa shape index (κ2) is 6.13. The molecule has 5 heteroatoms. The van der Waals surface area contributed by atoms with Gasteiger partial charge in [0, 0.05) is 16.0 Å². The molecule has 94 valence electrons. The number of ketones is 1. The van der Waals surface area contributed by atoms with Crippen LogP contribution in [0.25, 0.3) is 0 Å². The SMILES string of the molecule is CCOC(=O)C(C)(C)C(=O)CS(=O)C(C)C. The summed E-state index contributed by atoms with van der Waals surface area (Å²) in [6.07, 6.45) is 0. The number of hydrogen-bond acceptors (Lipinski definition) is 4. The summed E-state index contributed by atoms with van der Waals surface area (Å²) in [6, 6.07) is 0. The molecule has 0 aromatic heterocycles. The van der Waals surface area contributed by atoms with Gasteiger partial charge in [0.2, 0.25) is 0 Å². The zero-order valence-electron chi connectivity index (χ0n) is 10.5. The molecule has 0 fully saturated rings. The summed E-state index contributed by atoms with van der Waals surface area (Å²) in [6.45, 7) is 8.49. The lowest BCUT2D eigenvalue weighted by molar-refractivity contribution is -0.157. The molecule has 1 atom stereocenters. The third-order valence-electron chi connectivity index (χ3n) is 2.28. The quantitative estimate of drug-likeness (QED) is 0.525. The lowest BCUT2D eigenvalue weighted by atomic mass is 9.89.